The van der Waals surface area contributed by atoms with Crippen molar-refractivity contribution in [2.45, 2.75) is 25.7 Å². The summed E-state index contributed by atoms with van der Waals surface area (Å²) in [5, 5.41) is 44.5. The highest BCUT2D eigenvalue weighted by molar-refractivity contribution is 6.02. The number of carbonyl (C=O) groups excluding carboxylic acids is 1. The summed E-state index contributed by atoms with van der Waals surface area (Å²) in [7, 11) is 0. The molecule has 1 aliphatic rings. The Morgan fingerprint density at radius 1 is 0.862 bits per heavy atom. The van der Waals surface area contributed by atoms with Crippen LogP contribution in [0.2, 0.25) is 0 Å². The summed E-state index contributed by atoms with van der Waals surface area (Å²) in [4.78, 5) is 11.3. The number of carbonyl (C=O) groups is 1. The Morgan fingerprint density at radius 3 is 1.97 bits per heavy atom. The first-order valence-electron chi connectivity index (χ1n) is 9.13. The van der Waals surface area contributed by atoms with Gasteiger partial charge in [-0.2, -0.15) is 0 Å². The fraction of sp³-hybridized carbons (Fsp3) is 0.350. The van der Waals surface area contributed by atoms with E-state index >= 15 is 0 Å². The lowest BCUT2D eigenvalue weighted by Crippen LogP contribution is -2.15. The molecule has 9 heteroatoms. The minimum atomic E-state index is -0.475. The number of phenolic OH excluding ortho intramolecular Hbond substituents is 5. The third-order valence-electron chi connectivity index (χ3n) is 3.83. The highest BCUT2D eigenvalue weighted by Crippen LogP contribution is 2.36. The first-order chi connectivity index (χ1) is 13.8. The molecule has 0 fully saturated rings. The minimum absolute atomic E-state index is 0.106. The first kappa shape index (κ1) is 23.9. The number of rotatable bonds is 4. The Morgan fingerprint density at radius 2 is 1.45 bits per heavy atom. The molecular formula is C20H28N2O7. The molecule has 9 nitrogen and oxygen atoms in total. The molecule has 2 aromatic carbocycles. The quantitative estimate of drug-likeness (QED) is 0.294. The summed E-state index contributed by atoms with van der Waals surface area (Å²) in [6, 6.07) is 6.46. The zero-order chi connectivity index (χ0) is 21.8. The fourth-order valence-corrected chi connectivity index (χ4v) is 2.34. The van der Waals surface area contributed by atoms with Gasteiger partial charge in [-0.15, -0.1) is 0 Å². The van der Waals surface area contributed by atoms with Crippen molar-refractivity contribution in [3.05, 3.63) is 35.9 Å². The van der Waals surface area contributed by atoms with Gasteiger partial charge in [-0.05, 0) is 38.1 Å². The van der Waals surface area contributed by atoms with Crippen LogP contribution in [-0.2, 0) is 0 Å². The second-order valence-electron chi connectivity index (χ2n) is 6.14. The van der Waals surface area contributed by atoms with Crippen molar-refractivity contribution in [2.24, 2.45) is 11.5 Å². The standard InChI is InChI=1S/C9H8O4.C6H6O3.C5H14N2/c10-5-3-7(12)9-6(11)1-2-13-8(9)4-5;7-4-2-1-3-5(8)6(4)9;6-4-2-1-3-5-7/h3-4,10,12H,1-2H2;1-3,7-9H;1-7H2. The van der Waals surface area contributed by atoms with Gasteiger partial charge < -0.3 is 41.7 Å². The van der Waals surface area contributed by atoms with Crippen LogP contribution in [0.15, 0.2) is 30.3 Å². The minimum Gasteiger partial charge on any atom is -0.508 e. The van der Waals surface area contributed by atoms with Crippen LogP contribution in [0.5, 0.6) is 34.5 Å². The number of hydrogen-bond acceptors (Lipinski definition) is 9. The Labute approximate surface area is 168 Å². The lowest BCUT2D eigenvalue weighted by atomic mass is 10.0. The molecule has 2 aromatic rings. The van der Waals surface area contributed by atoms with Crippen LogP contribution in [0, 0.1) is 0 Å². The SMILES string of the molecule is NCCCCCN.O=C1CCOc2cc(O)cc(O)c21.Oc1cccc(O)c1O. The van der Waals surface area contributed by atoms with Gasteiger partial charge >= 0.3 is 0 Å². The first-order valence-corrected chi connectivity index (χ1v) is 9.13. The van der Waals surface area contributed by atoms with E-state index in [0.717, 1.165) is 32.0 Å². The van der Waals surface area contributed by atoms with Crippen LogP contribution in [0.1, 0.15) is 36.0 Å². The van der Waals surface area contributed by atoms with Crippen molar-refractivity contribution in [1.29, 1.82) is 0 Å². The highest BCUT2D eigenvalue weighted by atomic mass is 16.5. The number of ketones is 1. The molecular weight excluding hydrogens is 380 g/mol. The van der Waals surface area contributed by atoms with Crippen LogP contribution in [0.3, 0.4) is 0 Å². The molecule has 0 saturated carbocycles. The van der Waals surface area contributed by atoms with Crippen molar-refractivity contribution in [3.63, 3.8) is 0 Å². The van der Waals surface area contributed by atoms with Crippen molar-refractivity contribution >= 4 is 5.78 Å². The lowest BCUT2D eigenvalue weighted by Gasteiger charge is -2.16. The van der Waals surface area contributed by atoms with Gasteiger partial charge in [-0.3, -0.25) is 4.79 Å². The highest BCUT2D eigenvalue weighted by Gasteiger charge is 2.22. The number of benzene rings is 2. The number of ether oxygens (including phenoxy) is 1. The van der Waals surface area contributed by atoms with Crippen molar-refractivity contribution < 1.29 is 35.1 Å². The van der Waals surface area contributed by atoms with Crippen LogP contribution in [0.25, 0.3) is 0 Å². The topological polar surface area (TPSA) is 179 Å². The molecule has 0 radical (unpaired) electrons. The number of phenols is 5. The molecule has 0 atom stereocenters. The van der Waals surface area contributed by atoms with Crippen LogP contribution in [0.4, 0.5) is 0 Å². The third kappa shape index (κ3) is 7.76. The maximum absolute atomic E-state index is 11.3. The second kappa shape index (κ2) is 12.3. The van der Waals surface area contributed by atoms with Gasteiger partial charge in [0.2, 0.25) is 0 Å². The van der Waals surface area contributed by atoms with E-state index in [0.29, 0.717) is 6.61 Å². The zero-order valence-electron chi connectivity index (χ0n) is 16.0. The average molecular weight is 408 g/mol. The molecule has 0 spiro atoms. The van der Waals surface area contributed by atoms with Crippen LogP contribution >= 0.6 is 0 Å². The van der Waals surface area contributed by atoms with Crippen molar-refractivity contribution in [1.82, 2.24) is 0 Å². The number of para-hydroxylation sites is 1. The van der Waals surface area contributed by atoms with E-state index in [2.05, 4.69) is 0 Å². The van der Waals surface area contributed by atoms with Gasteiger partial charge in [0.05, 0.1) is 6.61 Å². The number of hydrogen-bond donors (Lipinski definition) is 7. The molecule has 0 bridgehead atoms. The predicted molar refractivity (Wildman–Crippen MR) is 108 cm³/mol. The van der Waals surface area contributed by atoms with Gasteiger partial charge in [0.15, 0.2) is 23.0 Å². The van der Waals surface area contributed by atoms with Crippen LogP contribution < -0.4 is 16.2 Å². The summed E-state index contributed by atoms with van der Waals surface area (Å²) < 4.78 is 5.11. The van der Waals surface area contributed by atoms with Gasteiger partial charge in [0, 0.05) is 18.6 Å². The number of unbranched alkanes of at least 4 members (excludes halogenated alkanes) is 2. The number of fused-ring (bicyclic) bond motifs is 1. The molecule has 0 aromatic heterocycles. The Bertz CT molecular complexity index is 772. The molecule has 29 heavy (non-hydrogen) atoms. The number of Topliss-reactive ketones (excluding diaryl/α,β-unsaturated/α-hetero) is 1. The van der Waals surface area contributed by atoms with E-state index in [1.165, 1.54) is 30.7 Å². The van der Waals surface area contributed by atoms with E-state index in [1.807, 2.05) is 0 Å². The molecule has 1 aliphatic heterocycles. The maximum atomic E-state index is 11.3. The van der Waals surface area contributed by atoms with E-state index < -0.39 is 5.75 Å². The summed E-state index contributed by atoms with van der Waals surface area (Å²) >= 11 is 0. The zero-order valence-corrected chi connectivity index (χ0v) is 16.0. The molecule has 3 rings (SSSR count). The van der Waals surface area contributed by atoms with Crippen LogP contribution in [-0.4, -0.2) is 51.0 Å². The fourth-order valence-electron chi connectivity index (χ4n) is 2.34. The summed E-state index contributed by atoms with van der Waals surface area (Å²) in [6.45, 7) is 1.91. The predicted octanol–water partition coefficient (Wildman–Crippen LogP) is 1.94. The number of nitrogens with two attached hydrogens (primary N) is 2. The molecule has 0 saturated heterocycles. The average Bonchev–Trinajstić information content (AvgIpc) is 2.67. The second-order valence-corrected chi connectivity index (χ2v) is 6.14. The van der Waals surface area contributed by atoms with Gasteiger partial charge in [-0.1, -0.05) is 12.5 Å². The van der Waals surface area contributed by atoms with Crippen molar-refractivity contribution in [2.75, 3.05) is 19.7 Å². The lowest BCUT2D eigenvalue weighted by molar-refractivity contribution is 0.0929. The van der Waals surface area contributed by atoms with Gasteiger partial charge in [0.1, 0.15) is 22.8 Å². The summed E-state index contributed by atoms with van der Waals surface area (Å²) in [5.41, 5.74) is 10.6. The Hall–Kier alpha value is -3.17. The Balaban J connectivity index is 0.000000232. The molecule has 160 valence electrons. The third-order valence-corrected chi connectivity index (χ3v) is 3.83. The smallest absolute Gasteiger partial charge is 0.200 e. The van der Waals surface area contributed by atoms with E-state index in [4.69, 9.17) is 36.6 Å². The largest absolute Gasteiger partial charge is 0.508 e. The molecule has 1 heterocycles. The van der Waals surface area contributed by atoms with E-state index in [1.54, 1.807) is 0 Å². The Kier molecular flexibility index (Phi) is 10.1. The summed E-state index contributed by atoms with van der Waals surface area (Å²) in [6.07, 6.45) is 3.70. The molecule has 0 unspecified atom stereocenters. The van der Waals surface area contributed by atoms with E-state index in [-0.39, 0.29) is 46.5 Å². The normalized spacial score (nSPS) is 11.9. The molecule has 9 N–H and O–H groups in total. The van der Waals surface area contributed by atoms with Crippen molar-refractivity contribution in [3.8, 4) is 34.5 Å². The maximum Gasteiger partial charge on any atom is 0.200 e. The monoisotopic (exact) mass is 408 g/mol. The van der Waals surface area contributed by atoms with E-state index in [9.17, 15) is 9.90 Å². The molecule has 0 amide bonds. The number of aromatic hydroxyl groups is 5. The molecule has 0 aliphatic carbocycles. The van der Waals surface area contributed by atoms with Gasteiger partial charge in [-0.25, -0.2) is 0 Å². The van der Waals surface area contributed by atoms with Gasteiger partial charge in [0.25, 0.3) is 0 Å². The summed E-state index contributed by atoms with van der Waals surface area (Å²) in [5.74, 6) is -1.32.